The summed E-state index contributed by atoms with van der Waals surface area (Å²) >= 11 is 0. The highest BCUT2D eigenvalue weighted by atomic mass is 32.2. The summed E-state index contributed by atoms with van der Waals surface area (Å²) in [6.07, 6.45) is -1.75. The van der Waals surface area contributed by atoms with Gasteiger partial charge in [0.15, 0.2) is 8.32 Å². The molecule has 9 aromatic carbocycles. The van der Waals surface area contributed by atoms with Crippen LogP contribution in [-0.4, -0.2) is 71.0 Å². The van der Waals surface area contributed by atoms with Crippen LogP contribution in [-0.2, 0) is 42.2 Å². The lowest BCUT2D eigenvalue weighted by molar-refractivity contribution is -0.124. The number of rotatable bonds is 19. The van der Waals surface area contributed by atoms with Crippen molar-refractivity contribution >= 4 is 53.1 Å². The summed E-state index contributed by atoms with van der Waals surface area (Å²) in [5, 5.41) is 39.6. The number of hydrogen-bond acceptors (Lipinski definition) is 10. The number of ether oxygens (including phenoxy) is 1. The van der Waals surface area contributed by atoms with Crippen molar-refractivity contribution in [2.24, 2.45) is 0 Å². The number of nitrogens with zero attached hydrogens (tertiary/aromatic N) is 2. The minimum atomic E-state index is -2.38. The molecule has 2 unspecified atom stereocenters. The van der Waals surface area contributed by atoms with Crippen LogP contribution in [0.5, 0.6) is 23.0 Å². The van der Waals surface area contributed by atoms with E-state index in [0.29, 0.717) is 39.4 Å². The Labute approximate surface area is 517 Å². The molecule has 2 aliphatic rings. The van der Waals surface area contributed by atoms with Gasteiger partial charge in [0, 0.05) is 44.1 Å². The second-order valence-corrected chi connectivity index (χ2v) is 31.3. The molecule has 0 saturated carbocycles. The first-order valence-corrected chi connectivity index (χ1v) is 34.4. The van der Waals surface area contributed by atoms with E-state index >= 15 is 0 Å². The highest BCUT2D eigenvalue weighted by Crippen LogP contribution is 2.49. The minimum absolute atomic E-state index is 0.0647. The second kappa shape index (κ2) is 26.8. The lowest BCUT2D eigenvalue weighted by atomic mass is 9.90. The molecule has 0 aliphatic carbocycles. The Morgan fingerprint density at radius 1 is 0.523 bits per heavy atom. The average molecular weight is 1240 g/mol. The summed E-state index contributed by atoms with van der Waals surface area (Å²) in [4.78, 5) is 30.7. The van der Waals surface area contributed by atoms with Crippen molar-refractivity contribution in [3.8, 4) is 45.3 Å². The molecule has 12 nitrogen and oxygen atoms in total. The fourth-order valence-electron chi connectivity index (χ4n) is 10.7. The minimum Gasteiger partial charge on any atom is -0.508 e. The molecule has 17 heteroatoms. The highest BCUT2D eigenvalue weighted by molar-refractivity contribution is 7.87. The molecule has 2 aliphatic heterocycles. The summed E-state index contributed by atoms with van der Waals surface area (Å²) < 4.78 is 68.7. The number of aliphatic hydroxyl groups excluding tert-OH is 1. The van der Waals surface area contributed by atoms with Gasteiger partial charge < -0.3 is 39.4 Å². The second-order valence-electron chi connectivity index (χ2n) is 23.3. The van der Waals surface area contributed by atoms with E-state index in [1.165, 1.54) is 41.3 Å². The molecule has 2 heterocycles. The number of aromatic hydroxyl groups is 3. The van der Waals surface area contributed by atoms with Gasteiger partial charge in [-0.15, -0.1) is 0 Å². The molecule has 452 valence electrons. The Morgan fingerprint density at radius 2 is 0.966 bits per heavy atom. The van der Waals surface area contributed by atoms with Gasteiger partial charge in [-0.25, -0.2) is 8.78 Å². The Hall–Kier alpha value is -8.58. The number of para-hydroxylation sites is 2. The van der Waals surface area contributed by atoms with Crippen LogP contribution in [0.25, 0.3) is 22.3 Å². The number of hydrogen-bond donors (Lipinski definition) is 4. The van der Waals surface area contributed by atoms with Crippen molar-refractivity contribution < 1.29 is 56.4 Å². The molecule has 9 aromatic rings. The normalized spacial score (nSPS) is 18.0. The van der Waals surface area contributed by atoms with Gasteiger partial charge in [-0.2, -0.15) is 0 Å². The van der Waals surface area contributed by atoms with Crippen molar-refractivity contribution in [3.05, 3.63) is 264 Å². The van der Waals surface area contributed by atoms with Crippen molar-refractivity contribution in [1.82, 2.24) is 0 Å². The van der Waals surface area contributed by atoms with E-state index in [9.17, 15) is 47.2 Å². The number of carbonyl (C=O) groups excluding carboxylic acids is 2. The van der Waals surface area contributed by atoms with Crippen LogP contribution in [0.1, 0.15) is 72.9 Å². The molecular formula is C71H68F2N2O10S2Si. The number of phenols is 3. The maximum atomic E-state index is 14.7. The number of β-lactam (4-membered cyclic amide) rings is 2. The molecule has 4 N–H and O–H groups in total. The highest BCUT2D eigenvalue weighted by Gasteiger charge is 2.55. The standard InChI is InChI=1S/C42H44FNO5SSi.C29H24FNO5S/c1-42(2,3)51(4,5)49-38(30-19-22-33(43)23-20-30)28-50(47)40-39(44(41(40)46)34-16-10-7-11-17-34)36-24-21-32(31-15-12-18-35(45)25-31)26-37(36)48-27-29-13-8-6-9-14-29;30-21-12-9-18(10-13-21)26(34)17-37(36)28-27(31(29(28)35)22-6-2-1-3-7-22)24-14-11-20(16-25(24)33)19-5-4-8-23(32)15-19/h6-26,38-40,45H,27-28H2,1-5H3;1-16,26-28,32-34H,17H2/t38-,39+,40+,50?;26-,27+,28+,37?/m00/s1. The van der Waals surface area contributed by atoms with E-state index in [4.69, 9.17) is 9.16 Å². The zero-order valence-electron chi connectivity index (χ0n) is 49.2. The summed E-state index contributed by atoms with van der Waals surface area (Å²) in [6.45, 7) is 11.0. The molecule has 0 bridgehead atoms. The Balaban J connectivity index is 0.000000204. The molecule has 2 fully saturated rings. The van der Waals surface area contributed by atoms with Crippen LogP contribution < -0.4 is 14.5 Å². The number of benzene rings is 9. The number of halogens is 2. The number of phenolic OH excluding ortho intramolecular Hbond substituents is 3. The summed E-state index contributed by atoms with van der Waals surface area (Å²) in [5.74, 6) is -0.889. The van der Waals surface area contributed by atoms with Gasteiger partial charge >= 0.3 is 0 Å². The van der Waals surface area contributed by atoms with Crippen molar-refractivity contribution in [3.63, 3.8) is 0 Å². The fraction of sp³-hybridized carbons (Fsp3) is 0.211. The van der Waals surface area contributed by atoms with Gasteiger partial charge in [0.25, 0.3) is 0 Å². The topological polar surface area (TPSA) is 174 Å². The SMILES string of the molecule is CC(C)(C)[Si](C)(C)O[C@@H](CS(=O)[C@H]1C(=O)N(c2ccccc2)[C@@H]1c1ccc(-c2cccc(O)c2)cc1OCc1ccccc1)c1ccc(F)cc1.O=C1[C@H](S(=O)C[C@H](O)c2ccc(F)cc2)[C@@H](c2ccc(-c3cccc(O)c3)cc2O)N1c1ccccc1. The molecule has 2 amide bonds. The molecule has 0 radical (unpaired) electrons. The van der Waals surface area contributed by atoms with Crippen LogP contribution in [0.15, 0.2) is 224 Å². The number of anilines is 2. The molecule has 11 rings (SSSR count). The van der Waals surface area contributed by atoms with Crippen LogP contribution in [0.4, 0.5) is 20.2 Å². The van der Waals surface area contributed by atoms with Crippen molar-refractivity contribution in [2.45, 2.75) is 80.3 Å². The van der Waals surface area contributed by atoms with Gasteiger partial charge in [-0.1, -0.05) is 160 Å². The lowest BCUT2D eigenvalue weighted by Gasteiger charge is -2.47. The summed E-state index contributed by atoms with van der Waals surface area (Å²) in [5.41, 5.74) is 7.53. The van der Waals surface area contributed by atoms with Crippen molar-refractivity contribution in [1.29, 1.82) is 0 Å². The zero-order valence-corrected chi connectivity index (χ0v) is 51.8. The first kappa shape index (κ1) is 62.5. The van der Waals surface area contributed by atoms with Crippen LogP contribution >= 0.6 is 0 Å². The predicted octanol–water partition coefficient (Wildman–Crippen LogP) is 14.6. The van der Waals surface area contributed by atoms with E-state index < -0.39 is 70.5 Å². The molecule has 8 atom stereocenters. The van der Waals surface area contributed by atoms with E-state index in [1.807, 2.05) is 91.0 Å². The van der Waals surface area contributed by atoms with Crippen LogP contribution in [0, 0.1) is 11.6 Å². The van der Waals surface area contributed by atoms with Crippen LogP contribution in [0.3, 0.4) is 0 Å². The Bertz CT molecular complexity index is 3970. The first-order chi connectivity index (χ1) is 42.1. The fourth-order valence-corrected chi connectivity index (χ4v) is 15.3. The third-order valence-corrected chi connectivity index (χ3v) is 24.2. The Morgan fingerprint density at radius 3 is 1.45 bits per heavy atom. The van der Waals surface area contributed by atoms with E-state index in [0.717, 1.165) is 27.8 Å². The van der Waals surface area contributed by atoms with E-state index in [1.54, 1.807) is 102 Å². The molecule has 0 spiro atoms. The molecule has 88 heavy (non-hydrogen) atoms. The smallest absolute Gasteiger partial charge is 0.245 e. The van der Waals surface area contributed by atoms with Gasteiger partial charge in [0.1, 0.15) is 51.7 Å². The number of amides is 2. The van der Waals surface area contributed by atoms with Gasteiger partial charge in [-0.05, 0) is 142 Å². The van der Waals surface area contributed by atoms with E-state index in [-0.39, 0.29) is 58.0 Å². The monoisotopic (exact) mass is 1240 g/mol. The quantitative estimate of drug-likeness (QED) is 0.0451. The maximum Gasteiger partial charge on any atom is 0.245 e. The molecular weight excluding hydrogens is 1170 g/mol. The van der Waals surface area contributed by atoms with E-state index in [2.05, 4.69) is 33.9 Å². The average Bonchev–Trinajstić information content (AvgIpc) is 0.762. The first-order valence-electron chi connectivity index (χ1n) is 28.8. The zero-order chi connectivity index (χ0) is 62.4. The third-order valence-electron chi connectivity index (χ3n) is 16.4. The largest absolute Gasteiger partial charge is 0.508 e. The predicted molar refractivity (Wildman–Crippen MR) is 345 cm³/mol. The third kappa shape index (κ3) is 13.9. The van der Waals surface area contributed by atoms with Crippen molar-refractivity contribution in [2.75, 3.05) is 21.3 Å². The molecule has 0 aromatic heterocycles. The lowest BCUT2D eigenvalue weighted by Crippen LogP contribution is -2.61. The number of carbonyl (C=O) groups is 2. The molecule has 2 saturated heterocycles. The van der Waals surface area contributed by atoms with Gasteiger partial charge in [0.05, 0.1) is 35.8 Å². The summed E-state index contributed by atoms with van der Waals surface area (Å²) in [7, 11) is -5.88. The van der Waals surface area contributed by atoms with Crippen LogP contribution in [0.2, 0.25) is 18.1 Å². The van der Waals surface area contributed by atoms with Gasteiger partial charge in [-0.3, -0.25) is 18.0 Å². The van der Waals surface area contributed by atoms with Gasteiger partial charge in [0.2, 0.25) is 11.8 Å². The summed E-state index contributed by atoms with van der Waals surface area (Å²) in [6, 6.07) is 62.6. The Kier molecular flexibility index (Phi) is 19.0. The number of aliphatic hydroxyl groups is 1. The maximum absolute atomic E-state index is 14.7.